The number of nitrogens with zero attached hydrogens (tertiary/aromatic N) is 2. The lowest BCUT2D eigenvalue weighted by Crippen LogP contribution is -2.58. The Labute approximate surface area is 207 Å². The third-order valence-electron chi connectivity index (χ3n) is 6.95. The highest BCUT2D eigenvalue weighted by molar-refractivity contribution is 7.85. The van der Waals surface area contributed by atoms with E-state index in [1.165, 1.54) is 25.7 Å². The summed E-state index contributed by atoms with van der Waals surface area (Å²) in [7, 11) is -1.69. The van der Waals surface area contributed by atoms with Gasteiger partial charge in [0.15, 0.2) is 0 Å². The number of carbonyl (C=O) groups excluding carboxylic acids is 1. The van der Waals surface area contributed by atoms with Gasteiger partial charge in [0.1, 0.15) is 0 Å². The van der Waals surface area contributed by atoms with Crippen LogP contribution >= 0.6 is 23.2 Å². The molecule has 1 saturated carbocycles. The molecular formula is C23H34Cl2N2O5S. The van der Waals surface area contributed by atoms with E-state index in [4.69, 9.17) is 32.5 Å². The molecule has 2 aliphatic heterocycles. The molecule has 1 aromatic carbocycles. The van der Waals surface area contributed by atoms with E-state index in [1.54, 1.807) is 12.1 Å². The third kappa shape index (κ3) is 7.54. The van der Waals surface area contributed by atoms with Crippen molar-refractivity contribution >= 4 is 39.2 Å². The summed E-state index contributed by atoms with van der Waals surface area (Å²) < 4.78 is 32.1. The van der Waals surface area contributed by atoms with Crippen LogP contribution in [0.5, 0.6) is 0 Å². The normalized spacial score (nSPS) is 27.9. The van der Waals surface area contributed by atoms with E-state index in [1.807, 2.05) is 18.0 Å². The molecule has 0 aromatic heterocycles. The number of hydrogen-bond acceptors (Lipinski definition) is 5. The van der Waals surface area contributed by atoms with E-state index in [0.29, 0.717) is 28.8 Å². The molecule has 4 rings (SSSR count). The Morgan fingerprint density at radius 1 is 1.21 bits per heavy atom. The minimum absolute atomic E-state index is 0.0529. The lowest BCUT2D eigenvalue weighted by Gasteiger charge is -2.48. The number of halogens is 2. The first-order valence-electron chi connectivity index (χ1n) is 11.5. The Balaban J connectivity index is 0.000000555. The third-order valence-corrected chi connectivity index (χ3v) is 7.68. The van der Waals surface area contributed by atoms with Crippen molar-refractivity contribution < 1.29 is 22.5 Å². The molecule has 3 atom stereocenters. The fourth-order valence-electron chi connectivity index (χ4n) is 5.37. The van der Waals surface area contributed by atoms with Crippen LogP contribution in [0.2, 0.25) is 10.0 Å². The molecule has 33 heavy (non-hydrogen) atoms. The highest BCUT2D eigenvalue weighted by Crippen LogP contribution is 2.43. The second-order valence-electron chi connectivity index (χ2n) is 9.42. The Hall–Kier alpha value is -0.900. The van der Waals surface area contributed by atoms with Crippen LogP contribution in [0.3, 0.4) is 0 Å². The van der Waals surface area contributed by atoms with Crippen molar-refractivity contribution in [2.45, 2.75) is 69.1 Å². The number of likely N-dealkylation sites (tertiary alicyclic amines) is 1. The first kappa shape index (κ1) is 26.7. The summed E-state index contributed by atoms with van der Waals surface area (Å²) in [5.41, 5.74) is 0.965. The van der Waals surface area contributed by atoms with Gasteiger partial charge < -0.3 is 9.64 Å². The van der Waals surface area contributed by atoms with Crippen LogP contribution in [-0.4, -0.2) is 79.4 Å². The van der Waals surface area contributed by atoms with Gasteiger partial charge in [0.05, 0.1) is 28.3 Å². The topological polar surface area (TPSA) is 87.2 Å². The number of likely N-dealkylation sites (N-methyl/N-ethyl adjacent to an activating group) is 1. The van der Waals surface area contributed by atoms with Gasteiger partial charge in [-0.15, -0.1) is 0 Å². The average Bonchev–Trinajstić information content (AvgIpc) is 3.42. The summed E-state index contributed by atoms with van der Waals surface area (Å²) in [6.45, 7) is 3.18. The lowest BCUT2D eigenvalue weighted by molar-refractivity contribution is -0.136. The van der Waals surface area contributed by atoms with Gasteiger partial charge in [0, 0.05) is 25.7 Å². The molecule has 1 amide bonds. The van der Waals surface area contributed by atoms with Gasteiger partial charge in [-0.05, 0) is 75.7 Å². The van der Waals surface area contributed by atoms with Crippen molar-refractivity contribution in [1.82, 2.24) is 9.80 Å². The van der Waals surface area contributed by atoms with Crippen molar-refractivity contribution in [3.8, 4) is 0 Å². The maximum absolute atomic E-state index is 13.1. The van der Waals surface area contributed by atoms with Crippen LogP contribution in [0.25, 0.3) is 0 Å². The minimum Gasteiger partial charge on any atom is -0.375 e. The van der Waals surface area contributed by atoms with Gasteiger partial charge in [0.2, 0.25) is 5.91 Å². The zero-order valence-corrected chi connectivity index (χ0v) is 21.6. The highest BCUT2D eigenvalue weighted by Gasteiger charge is 2.47. The lowest BCUT2D eigenvalue weighted by atomic mass is 9.76. The fraction of sp³-hybridized carbons (Fsp3) is 0.696. The number of carbonyl (C=O) groups is 1. The highest BCUT2D eigenvalue weighted by atomic mass is 35.5. The van der Waals surface area contributed by atoms with Crippen LogP contribution in [0, 0.1) is 0 Å². The monoisotopic (exact) mass is 520 g/mol. The summed E-state index contributed by atoms with van der Waals surface area (Å²) in [6.07, 6.45) is 9.08. The van der Waals surface area contributed by atoms with Gasteiger partial charge in [-0.1, -0.05) is 29.3 Å². The predicted octanol–water partition coefficient (Wildman–Crippen LogP) is 4.06. The molecule has 3 fully saturated rings. The summed E-state index contributed by atoms with van der Waals surface area (Å²) in [4.78, 5) is 17.7. The standard InChI is InChI=1S/C22H30Cl2N2O2.CH4O3S/c1-25(21(27)14-16-5-6-17(23)18(24)13-16)19-7-9-22(8-4-12-28-22)15-20(19)26-10-2-3-11-26;1-5(2,3)4/h5-6,13,19-20H,2-4,7-12,14-15H2,1H3;1H3,(H,2,3,4)/t19?,20?,22-;/m1./s1. The van der Waals surface area contributed by atoms with Crippen molar-refractivity contribution in [2.24, 2.45) is 0 Å². The Kier molecular flexibility index (Phi) is 9.08. The van der Waals surface area contributed by atoms with Crippen LogP contribution in [0.4, 0.5) is 0 Å². The first-order chi connectivity index (χ1) is 15.5. The van der Waals surface area contributed by atoms with Gasteiger partial charge in [-0.2, -0.15) is 8.42 Å². The molecular weight excluding hydrogens is 487 g/mol. The summed E-state index contributed by atoms with van der Waals surface area (Å²) in [5.74, 6) is 0.149. The van der Waals surface area contributed by atoms with Crippen molar-refractivity contribution in [1.29, 1.82) is 0 Å². The zero-order chi connectivity index (χ0) is 24.2. The molecule has 7 nitrogen and oxygen atoms in total. The average molecular weight is 522 g/mol. The van der Waals surface area contributed by atoms with Crippen LogP contribution in [-0.2, 0) is 26.1 Å². The number of hydrogen-bond donors (Lipinski definition) is 1. The van der Waals surface area contributed by atoms with E-state index in [2.05, 4.69) is 4.90 Å². The zero-order valence-electron chi connectivity index (χ0n) is 19.3. The molecule has 2 saturated heterocycles. The maximum Gasteiger partial charge on any atom is 0.261 e. The Morgan fingerprint density at radius 2 is 1.88 bits per heavy atom. The van der Waals surface area contributed by atoms with Crippen LogP contribution < -0.4 is 0 Å². The van der Waals surface area contributed by atoms with E-state index < -0.39 is 10.1 Å². The molecule has 1 aliphatic carbocycles. The number of amides is 1. The van der Waals surface area contributed by atoms with Gasteiger partial charge in [-0.25, -0.2) is 0 Å². The van der Waals surface area contributed by atoms with Crippen molar-refractivity contribution in [3.05, 3.63) is 33.8 Å². The molecule has 0 radical (unpaired) electrons. The van der Waals surface area contributed by atoms with E-state index in [-0.39, 0.29) is 17.6 Å². The summed E-state index contributed by atoms with van der Waals surface area (Å²) in [6, 6.07) is 6.11. The van der Waals surface area contributed by atoms with E-state index in [0.717, 1.165) is 44.5 Å². The second kappa shape index (κ2) is 11.2. The number of ether oxygens (including phenoxy) is 1. The smallest absolute Gasteiger partial charge is 0.261 e. The fourth-order valence-corrected chi connectivity index (χ4v) is 5.69. The number of benzene rings is 1. The molecule has 2 unspecified atom stereocenters. The van der Waals surface area contributed by atoms with Gasteiger partial charge >= 0.3 is 0 Å². The Bertz CT molecular complexity index is 923. The second-order valence-corrected chi connectivity index (χ2v) is 11.7. The SMILES string of the molecule is CN(C(=O)Cc1ccc(Cl)c(Cl)c1)C1CC[C@]2(CCCO2)CC1N1CCCC1.CS(=O)(=O)O. The summed E-state index contributed by atoms with van der Waals surface area (Å²) >= 11 is 12.1. The van der Waals surface area contributed by atoms with E-state index in [9.17, 15) is 13.2 Å². The molecule has 1 spiro atoms. The molecule has 0 bridgehead atoms. The van der Waals surface area contributed by atoms with Crippen molar-refractivity contribution in [2.75, 3.05) is 33.0 Å². The van der Waals surface area contributed by atoms with Crippen LogP contribution in [0.15, 0.2) is 18.2 Å². The molecule has 1 N–H and O–H groups in total. The minimum atomic E-state index is -3.67. The number of rotatable bonds is 4. The quantitative estimate of drug-likeness (QED) is 0.602. The largest absolute Gasteiger partial charge is 0.375 e. The van der Waals surface area contributed by atoms with Gasteiger partial charge in [0.25, 0.3) is 10.1 Å². The molecule has 186 valence electrons. The first-order valence-corrected chi connectivity index (χ1v) is 14.1. The van der Waals surface area contributed by atoms with Gasteiger partial charge in [-0.3, -0.25) is 14.2 Å². The predicted molar refractivity (Wildman–Crippen MR) is 131 cm³/mol. The molecule has 3 aliphatic rings. The van der Waals surface area contributed by atoms with E-state index >= 15 is 0 Å². The summed E-state index contributed by atoms with van der Waals surface area (Å²) in [5, 5.41) is 1.03. The molecule has 1 aromatic rings. The molecule has 10 heteroatoms. The van der Waals surface area contributed by atoms with Crippen molar-refractivity contribution in [3.63, 3.8) is 0 Å². The molecule has 2 heterocycles. The Morgan fingerprint density at radius 3 is 2.45 bits per heavy atom. The van der Waals surface area contributed by atoms with Crippen LogP contribution in [0.1, 0.15) is 50.5 Å². The maximum atomic E-state index is 13.1.